The van der Waals surface area contributed by atoms with Crippen molar-refractivity contribution in [1.82, 2.24) is 9.88 Å². The number of carbonyl (C=O) groups excluding carboxylic acids is 1. The van der Waals surface area contributed by atoms with Gasteiger partial charge in [0.05, 0.1) is 0 Å². The normalized spacial score (nSPS) is 14.5. The number of carbonyl (C=O) groups is 1. The molecule has 1 aliphatic rings. The summed E-state index contributed by atoms with van der Waals surface area (Å²) in [7, 11) is 0. The summed E-state index contributed by atoms with van der Waals surface area (Å²) in [5, 5.41) is 1.70. The molecule has 2 heterocycles. The van der Waals surface area contributed by atoms with E-state index in [4.69, 9.17) is 11.6 Å². The smallest absolute Gasteiger partial charge is 0.251 e. The number of halogens is 1. The van der Waals surface area contributed by atoms with Crippen LogP contribution in [0.4, 0.5) is 5.69 Å². The molecular formula is C22H22ClN3O2. The molecular weight excluding hydrogens is 374 g/mol. The number of aromatic nitrogens is 1. The molecule has 1 saturated heterocycles. The summed E-state index contributed by atoms with van der Waals surface area (Å²) in [5.41, 5.74) is 2.45. The second-order valence-electron chi connectivity index (χ2n) is 7.06. The summed E-state index contributed by atoms with van der Waals surface area (Å²) >= 11 is 6.07. The number of fused-ring (bicyclic) bond motifs is 1. The molecule has 1 fully saturated rings. The largest absolute Gasteiger partial charge is 0.368 e. The number of H-pyrrole nitrogens is 1. The number of piperazine rings is 1. The van der Waals surface area contributed by atoms with E-state index in [2.05, 4.69) is 9.88 Å². The average molecular weight is 396 g/mol. The van der Waals surface area contributed by atoms with Gasteiger partial charge in [-0.2, -0.15) is 0 Å². The summed E-state index contributed by atoms with van der Waals surface area (Å²) in [6.07, 6.45) is 0.798. The van der Waals surface area contributed by atoms with Gasteiger partial charge in [-0.05, 0) is 42.1 Å². The molecule has 1 N–H and O–H groups in total. The van der Waals surface area contributed by atoms with Gasteiger partial charge in [-0.25, -0.2) is 0 Å². The first-order valence-corrected chi connectivity index (χ1v) is 9.87. The molecule has 144 valence electrons. The first kappa shape index (κ1) is 18.6. The van der Waals surface area contributed by atoms with Crippen LogP contribution in [0.3, 0.4) is 0 Å². The molecule has 0 unspecified atom stereocenters. The minimum absolute atomic E-state index is 0.0957. The van der Waals surface area contributed by atoms with E-state index >= 15 is 0 Å². The van der Waals surface area contributed by atoms with Gasteiger partial charge in [-0.3, -0.25) is 9.59 Å². The molecule has 0 saturated carbocycles. The van der Waals surface area contributed by atoms with Gasteiger partial charge < -0.3 is 14.8 Å². The molecule has 1 amide bonds. The molecule has 6 heteroatoms. The zero-order chi connectivity index (χ0) is 19.5. The highest BCUT2D eigenvalue weighted by atomic mass is 35.5. The molecule has 28 heavy (non-hydrogen) atoms. The lowest BCUT2D eigenvalue weighted by atomic mass is 10.1. The van der Waals surface area contributed by atoms with Crippen molar-refractivity contribution in [3.63, 3.8) is 0 Å². The Morgan fingerprint density at radius 3 is 2.57 bits per heavy atom. The van der Waals surface area contributed by atoms with Gasteiger partial charge in [0.2, 0.25) is 5.91 Å². The van der Waals surface area contributed by atoms with E-state index in [1.54, 1.807) is 0 Å². The number of benzene rings is 2. The highest BCUT2D eigenvalue weighted by molar-refractivity contribution is 6.30. The molecule has 0 bridgehead atoms. The summed E-state index contributed by atoms with van der Waals surface area (Å²) in [5.74, 6) is 0.0957. The number of rotatable bonds is 4. The van der Waals surface area contributed by atoms with Gasteiger partial charge in [-0.1, -0.05) is 35.9 Å². The van der Waals surface area contributed by atoms with Gasteiger partial charge >= 0.3 is 0 Å². The van der Waals surface area contributed by atoms with Gasteiger partial charge in [0.25, 0.3) is 5.56 Å². The third kappa shape index (κ3) is 4.04. The van der Waals surface area contributed by atoms with Crippen molar-refractivity contribution in [2.75, 3.05) is 31.1 Å². The number of aromatic amines is 1. The Morgan fingerprint density at radius 2 is 1.79 bits per heavy atom. The van der Waals surface area contributed by atoms with Gasteiger partial charge in [-0.15, -0.1) is 0 Å². The highest BCUT2D eigenvalue weighted by Crippen LogP contribution is 2.21. The number of anilines is 1. The number of amides is 1. The molecule has 1 aromatic heterocycles. The Bertz CT molecular complexity index is 1050. The summed E-state index contributed by atoms with van der Waals surface area (Å²) in [6, 6.07) is 17.4. The average Bonchev–Trinajstić information content (AvgIpc) is 2.72. The fourth-order valence-corrected chi connectivity index (χ4v) is 3.85. The minimum Gasteiger partial charge on any atom is -0.368 e. The number of hydrogen-bond donors (Lipinski definition) is 1. The maximum Gasteiger partial charge on any atom is 0.251 e. The second-order valence-corrected chi connectivity index (χ2v) is 7.50. The zero-order valence-corrected chi connectivity index (χ0v) is 16.3. The number of aryl methyl sites for hydroxylation is 1. The van der Waals surface area contributed by atoms with E-state index in [1.807, 2.05) is 59.5 Å². The van der Waals surface area contributed by atoms with Crippen molar-refractivity contribution in [3.8, 4) is 0 Å². The third-order valence-corrected chi connectivity index (χ3v) is 5.48. The Kier molecular flexibility index (Phi) is 5.35. The standard InChI is InChI=1S/C22H22ClN3O2/c23-18-5-3-6-19(15-18)25-10-12-26(13-11-25)21(27)9-8-17-14-16-4-1-2-7-20(16)24-22(17)28/h1-7,14-15H,8-13H2,(H,24,28). The van der Waals surface area contributed by atoms with Crippen LogP contribution >= 0.6 is 11.6 Å². The van der Waals surface area contributed by atoms with Gasteiger partial charge in [0.1, 0.15) is 0 Å². The van der Waals surface area contributed by atoms with Crippen molar-refractivity contribution in [2.24, 2.45) is 0 Å². The fourth-order valence-electron chi connectivity index (χ4n) is 3.66. The van der Waals surface area contributed by atoms with E-state index in [0.29, 0.717) is 31.5 Å². The van der Waals surface area contributed by atoms with Crippen molar-refractivity contribution < 1.29 is 4.79 Å². The minimum atomic E-state index is -0.114. The summed E-state index contributed by atoms with van der Waals surface area (Å²) in [4.78, 5) is 31.9. The quantitative estimate of drug-likeness (QED) is 0.736. The molecule has 3 aromatic rings. The summed E-state index contributed by atoms with van der Waals surface area (Å²) in [6.45, 7) is 2.92. The number of para-hydroxylation sites is 1. The first-order chi connectivity index (χ1) is 13.6. The van der Waals surface area contributed by atoms with Crippen LogP contribution in [0.1, 0.15) is 12.0 Å². The topological polar surface area (TPSA) is 56.4 Å². The molecule has 0 atom stereocenters. The Labute approximate surface area is 168 Å². The van der Waals surface area contributed by atoms with Gasteiger partial charge in [0, 0.05) is 54.4 Å². The highest BCUT2D eigenvalue weighted by Gasteiger charge is 2.21. The van der Waals surface area contributed by atoms with Crippen LogP contribution < -0.4 is 10.5 Å². The fraction of sp³-hybridized carbons (Fsp3) is 0.273. The second kappa shape index (κ2) is 8.07. The van der Waals surface area contributed by atoms with Crippen LogP contribution in [0.25, 0.3) is 10.9 Å². The molecule has 5 nitrogen and oxygen atoms in total. The lowest BCUT2D eigenvalue weighted by Crippen LogP contribution is -2.48. The number of hydrogen-bond acceptors (Lipinski definition) is 3. The van der Waals surface area contributed by atoms with E-state index in [1.165, 1.54) is 0 Å². The van der Waals surface area contributed by atoms with E-state index in [0.717, 1.165) is 34.7 Å². The Balaban J connectivity index is 1.35. The lowest BCUT2D eigenvalue weighted by Gasteiger charge is -2.36. The zero-order valence-electron chi connectivity index (χ0n) is 15.5. The van der Waals surface area contributed by atoms with Crippen LogP contribution in [0, 0.1) is 0 Å². The van der Waals surface area contributed by atoms with Crippen LogP contribution in [-0.2, 0) is 11.2 Å². The van der Waals surface area contributed by atoms with Crippen molar-refractivity contribution in [2.45, 2.75) is 12.8 Å². The third-order valence-electron chi connectivity index (χ3n) is 5.24. The predicted octanol–water partition coefficient (Wildman–Crippen LogP) is 3.46. The van der Waals surface area contributed by atoms with Crippen LogP contribution in [0.2, 0.25) is 5.02 Å². The van der Waals surface area contributed by atoms with E-state index in [9.17, 15) is 9.59 Å². The van der Waals surface area contributed by atoms with E-state index < -0.39 is 0 Å². The molecule has 0 radical (unpaired) electrons. The Morgan fingerprint density at radius 1 is 1.00 bits per heavy atom. The number of nitrogens with zero attached hydrogens (tertiary/aromatic N) is 2. The molecule has 1 aliphatic heterocycles. The maximum absolute atomic E-state index is 12.6. The van der Waals surface area contributed by atoms with Crippen molar-refractivity contribution >= 4 is 34.1 Å². The SMILES string of the molecule is O=C(CCc1cc2ccccc2[nH]c1=O)N1CCN(c2cccc(Cl)c2)CC1. The first-order valence-electron chi connectivity index (χ1n) is 9.49. The number of pyridine rings is 1. The van der Waals surface area contributed by atoms with Crippen molar-refractivity contribution in [3.05, 3.63) is 75.5 Å². The van der Waals surface area contributed by atoms with Crippen LogP contribution in [-0.4, -0.2) is 42.0 Å². The Hall–Kier alpha value is -2.79. The van der Waals surface area contributed by atoms with Gasteiger partial charge in [0.15, 0.2) is 0 Å². The van der Waals surface area contributed by atoms with Crippen molar-refractivity contribution in [1.29, 1.82) is 0 Å². The van der Waals surface area contributed by atoms with Crippen LogP contribution in [0.15, 0.2) is 59.4 Å². The molecule has 0 aliphatic carbocycles. The molecule has 0 spiro atoms. The van der Waals surface area contributed by atoms with E-state index in [-0.39, 0.29) is 11.5 Å². The predicted molar refractivity (Wildman–Crippen MR) is 113 cm³/mol. The molecule has 2 aromatic carbocycles. The lowest BCUT2D eigenvalue weighted by molar-refractivity contribution is -0.131. The molecule has 4 rings (SSSR count). The monoisotopic (exact) mass is 395 g/mol. The van der Waals surface area contributed by atoms with Crippen LogP contribution in [0.5, 0.6) is 0 Å². The number of nitrogens with one attached hydrogen (secondary N) is 1. The summed E-state index contributed by atoms with van der Waals surface area (Å²) < 4.78 is 0. The maximum atomic E-state index is 12.6.